The van der Waals surface area contributed by atoms with E-state index in [1.807, 2.05) is 6.92 Å². The zero-order chi connectivity index (χ0) is 30.2. The largest absolute Gasteiger partial charge is 0.325 e. The van der Waals surface area contributed by atoms with E-state index in [9.17, 15) is 14.0 Å². The third-order valence-corrected chi connectivity index (χ3v) is 7.88. The van der Waals surface area contributed by atoms with Crippen molar-refractivity contribution in [2.24, 2.45) is 5.92 Å². The first kappa shape index (κ1) is 28.4. The van der Waals surface area contributed by atoms with Crippen LogP contribution in [-0.2, 0) is 4.79 Å². The summed E-state index contributed by atoms with van der Waals surface area (Å²) in [5.41, 5.74) is 2.78. The van der Waals surface area contributed by atoms with Crippen molar-refractivity contribution in [3.8, 4) is 28.1 Å². The molecule has 1 amide bonds. The van der Waals surface area contributed by atoms with Crippen LogP contribution < -0.4 is 10.9 Å². The number of carbonyl (C=O) groups is 1. The number of anilines is 1. The maximum atomic E-state index is 15.4. The van der Waals surface area contributed by atoms with Crippen LogP contribution in [0.1, 0.15) is 43.6 Å². The fourth-order valence-corrected chi connectivity index (χ4v) is 5.47. The Kier molecular flexibility index (Phi) is 7.57. The van der Waals surface area contributed by atoms with Crippen molar-refractivity contribution in [2.75, 3.05) is 5.32 Å². The number of aromatic nitrogens is 6. The van der Waals surface area contributed by atoms with Gasteiger partial charge >= 0.3 is 0 Å². The van der Waals surface area contributed by atoms with Gasteiger partial charge in [-0.15, -0.1) is 5.10 Å². The van der Waals surface area contributed by atoms with Crippen LogP contribution in [0.25, 0.3) is 28.1 Å². The summed E-state index contributed by atoms with van der Waals surface area (Å²) in [7, 11) is 0. The van der Waals surface area contributed by atoms with E-state index in [0.717, 1.165) is 0 Å². The van der Waals surface area contributed by atoms with E-state index in [0.29, 0.717) is 53.2 Å². The molecule has 0 saturated carbocycles. The molecule has 0 aliphatic carbocycles. The average Bonchev–Trinajstić information content (AvgIpc) is 3.43. The van der Waals surface area contributed by atoms with Gasteiger partial charge < -0.3 is 5.32 Å². The Labute approximate surface area is 250 Å². The van der Waals surface area contributed by atoms with Crippen LogP contribution in [0, 0.1) is 24.5 Å². The number of nitrogens with zero attached hydrogens (tertiary/aromatic N) is 6. The highest BCUT2D eigenvalue weighted by molar-refractivity contribution is 6.31. The second kappa shape index (κ2) is 11.5. The number of halogens is 3. The molecule has 4 heterocycles. The molecule has 43 heavy (non-hydrogen) atoms. The van der Waals surface area contributed by atoms with Gasteiger partial charge in [-0.25, -0.2) is 18.4 Å². The predicted octanol–water partition coefficient (Wildman–Crippen LogP) is 6.14. The number of rotatable bonds is 3. The zero-order valence-corrected chi connectivity index (χ0v) is 24.0. The molecular formula is C31H26ClF2N7O2. The lowest BCUT2D eigenvalue weighted by atomic mass is 9.95. The monoisotopic (exact) mass is 601 g/mol. The fourth-order valence-electron chi connectivity index (χ4n) is 5.32. The third-order valence-electron chi connectivity index (χ3n) is 7.59. The van der Waals surface area contributed by atoms with Gasteiger partial charge in [0.1, 0.15) is 5.82 Å². The van der Waals surface area contributed by atoms with E-state index >= 15 is 4.39 Å². The Morgan fingerprint density at radius 1 is 1.02 bits per heavy atom. The molecule has 218 valence electrons. The van der Waals surface area contributed by atoms with Crippen molar-refractivity contribution < 1.29 is 13.6 Å². The quantitative estimate of drug-likeness (QED) is 0.266. The summed E-state index contributed by atoms with van der Waals surface area (Å²) in [4.78, 5) is 35.7. The molecule has 0 saturated heterocycles. The van der Waals surface area contributed by atoms with Gasteiger partial charge in [-0.1, -0.05) is 30.2 Å². The molecule has 2 bridgehead atoms. The summed E-state index contributed by atoms with van der Waals surface area (Å²) in [5.74, 6) is -1.70. The van der Waals surface area contributed by atoms with E-state index in [1.165, 1.54) is 45.9 Å². The number of hydrogen-bond acceptors (Lipinski definition) is 6. The van der Waals surface area contributed by atoms with Gasteiger partial charge in [0.05, 0.1) is 51.9 Å². The van der Waals surface area contributed by atoms with E-state index in [2.05, 4.69) is 25.6 Å². The maximum absolute atomic E-state index is 15.4. The van der Waals surface area contributed by atoms with E-state index in [1.54, 1.807) is 37.5 Å². The number of carbonyl (C=O) groups excluding carboxylic acids is 1. The Balaban J connectivity index is 1.46. The molecular weight excluding hydrogens is 576 g/mol. The molecule has 9 nitrogen and oxygen atoms in total. The summed E-state index contributed by atoms with van der Waals surface area (Å²) in [6, 6.07) is 11.4. The number of hydrogen-bond donors (Lipinski definition) is 1. The Hall–Kier alpha value is -4.77. The number of benzene rings is 2. The van der Waals surface area contributed by atoms with Crippen LogP contribution in [0.4, 0.5) is 14.5 Å². The molecule has 0 spiro atoms. The van der Waals surface area contributed by atoms with Crippen molar-refractivity contribution in [1.82, 2.24) is 29.5 Å². The first-order chi connectivity index (χ1) is 20.7. The van der Waals surface area contributed by atoms with Gasteiger partial charge in [-0.05, 0) is 67.8 Å². The van der Waals surface area contributed by atoms with E-state index in [4.69, 9.17) is 11.6 Å². The summed E-state index contributed by atoms with van der Waals surface area (Å²) < 4.78 is 32.6. The lowest BCUT2D eigenvalue weighted by molar-refractivity contribution is -0.119. The number of aryl methyl sites for hydroxylation is 1. The summed E-state index contributed by atoms with van der Waals surface area (Å²) in [5, 5.41) is 10.8. The molecule has 12 heteroatoms. The van der Waals surface area contributed by atoms with Crippen LogP contribution in [0.15, 0.2) is 72.0 Å². The normalized spacial score (nSPS) is 17.0. The van der Waals surface area contributed by atoms with Crippen molar-refractivity contribution in [2.45, 2.75) is 39.2 Å². The molecule has 3 aromatic heterocycles. The molecule has 0 radical (unpaired) electrons. The molecule has 2 aromatic carbocycles. The average molecular weight is 602 g/mol. The number of fused-ring (bicyclic) bond motifs is 4. The molecule has 1 aliphatic heterocycles. The second-order valence-corrected chi connectivity index (χ2v) is 11.0. The van der Waals surface area contributed by atoms with Crippen LogP contribution in [0.5, 0.6) is 0 Å². The highest BCUT2D eigenvalue weighted by Gasteiger charge is 2.24. The molecule has 0 fully saturated rings. The molecule has 1 aliphatic rings. The number of amides is 1. The molecule has 0 unspecified atom stereocenters. The third kappa shape index (κ3) is 5.55. The second-order valence-electron chi connectivity index (χ2n) is 10.6. The van der Waals surface area contributed by atoms with Crippen LogP contribution in [-0.4, -0.2) is 35.4 Å². The van der Waals surface area contributed by atoms with Gasteiger partial charge in [0.25, 0.3) is 5.56 Å². The van der Waals surface area contributed by atoms with Crippen molar-refractivity contribution >= 4 is 23.2 Å². The van der Waals surface area contributed by atoms with Crippen LogP contribution >= 0.6 is 11.6 Å². The SMILES string of the molecule is Cc1cn(-c2ccc(Cl)c(F)c2-c2cc(=O)n([C@H]3CCC[C@@H](C)C(=O)Nc4ccc(F)cc4-c4ccnc3c4)cn2)nn1. The maximum Gasteiger partial charge on any atom is 0.254 e. The molecule has 2 atom stereocenters. The Morgan fingerprint density at radius 2 is 1.86 bits per heavy atom. The summed E-state index contributed by atoms with van der Waals surface area (Å²) in [6.45, 7) is 3.58. The molecule has 5 aromatic rings. The van der Waals surface area contributed by atoms with E-state index in [-0.39, 0.29) is 28.1 Å². The highest BCUT2D eigenvalue weighted by atomic mass is 35.5. The van der Waals surface area contributed by atoms with Crippen LogP contribution in [0.3, 0.4) is 0 Å². The first-order valence-corrected chi connectivity index (χ1v) is 14.1. The zero-order valence-electron chi connectivity index (χ0n) is 23.3. The lowest BCUT2D eigenvalue weighted by Crippen LogP contribution is -2.27. The van der Waals surface area contributed by atoms with Crippen LogP contribution in [0.2, 0.25) is 5.02 Å². The Bertz CT molecular complexity index is 1920. The van der Waals surface area contributed by atoms with Gasteiger partial charge in [-0.3, -0.25) is 19.1 Å². The minimum atomic E-state index is -0.740. The minimum absolute atomic E-state index is 0.0129. The standard InChI is InChI=1S/C31H26ClF2N7O2/c1-17-4-3-5-26(24-12-19(10-11-35-24)21-13-20(33)6-8-23(21)37-31(17)43)40-16-36-25(14-28(40)42)29-27(9-7-22(32)30(29)34)41-15-18(2)38-39-41/h6-17,26H,3-5H2,1-2H3,(H,37,43)/t17-,26+/m1/s1. The topological polar surface area (TPSA) is 108 Å². The Morgan fingerprint density at radius 3 is 2.63 bits per heavy atom. The van der Waals surface area contributed by atoms with Crippen molar-refractivity contribution in [3.63, 3.8) is 0 Å². The number of nitrogens with one attached hydrogen (secondary N) is 1. The fraction of sp³-hybridized carbons (Fsp3) is 0.226. The highest BCUT2D eigenvalue weighted by Crippen LogP contribution is 2.35. The van der Waals surface area contributed by atoms with Gasteiger partial charge in [0.2, 0.25) is 5.91 Å². The smallest absolute Gasteiger partial charge is 0.254 e. The predicted molar refractivity (Wildman–Crippen MR) is 158 cm³/mol. The van der Waals surface area contributed by atoms with Crippen molar-refractivity contribution in [3.05, 3.63) is 106 Å². The summed E-state index contributed by atoms with van der Waals surface area (Å²) >= 11 is 6.12. The first-order valence-electron chi connectivity index (χ1n) is 13.7. The molecule has 6 rings (SSSR count). The van der Waals surface area contributed by atoms with E-state index < -0.39 is 23.2 Å². The van der Waals surface area contributed by atoms with Gasteiger partial charge in [-0.2, -0.15) is 0 Å². The van der Waals surface area contributed by atoms with Gasteiger partial charge in [0.15, 0.2) is 5.82 Å². The minimum Gasteiger partial charge on any atom is -0.325 e. The molecule has 1 N–H and O–H groups in total. The van der Waals surface area contributed by atoms with Crippen molar-refractivity contribution in [1.29, 1.82) is 0 Å². The number of pyridine rings is 1. The summed E-state index contributed by atoms with van der Waals surface area (Å²) in [6.07, 6.45) is 6.20. The lowest BCUT2D eigenvalue weighted by Gasteiger charge is -2.23. The van der Waals surface area contributed by atoms with Gasteiger partial charge in [0, 0.05) is 29.4 Å².